The first-order valence-electron chi connectivity index (χ1n) is 6.76. The van der Waals surface area contributed by atoms with Gasteiger partial charge in [0.1, 0.15) is 11.7 Å². The van der Waals surface area contributed by atoms with Crippen LogP contribution in [0, 0.1) is 44.8 Å². The van der Waals surface area contributed by atoms with Crippen molar-refractivity contribution in [3.8, 4) is 18.2 Å². The Hall–Kier alpha value is -3.43. The third-order valence-corrected chi connectivity index (χ3v) is 4.23. The van der Waals surface area contributed by atoms with Crippen LogP contribution in [0.3, 0.4) is 0 Å². The number of benzene rings is 1. The normalized spacial score (nSPS) is 21.8. The van der Waals surface area contributed by atoms with Gasteiger partial charge in [0.05, 0.1) is 18.2 Å². The summed E-state index contributed by atoms with van der Waals surface area (Å²) in [5.74, 6) is -0.419. The Balaban J connectivity index is 2.57. The molecule has 0 radical (unpaired) electrons. The van der Waals surface area contributed by atoms with Gasteiger partial charge in [0.2, 0.25) is 0 Å². The quantitative estimate of drug-likeness (QED) is 0.664. The van der Waals surface area contributed by atoms with Gasteiger partial charge in [-0.05, 0) is 0 Å². The molecule has 0 fully saturated rings. The Labute approximate surface area is 133 Å². The van der Waals surface area contributed by atoms with E-state index in [9.17, 15) is 25.4 Å². The Morgan fingerprint density at radius 2 is 1.78 bits per heavy atom. The lowest BCUT2D eigenvalue weighted by Gasteiger charge is -2.31. The first-order valence-corrected chi connectivity index (χ1v) is 6.76. The van der Waals surface area contributed by atoms with Crippen LogP contribution in [0.4, 0.5) is 0 Å². The second-order valence-corrected chi connectivity index (χ2v) is 5.35. The van der Waals surface area contributed by atoms with Gasteiger partial charge in [0.15, 0.2) is 11.2 Å². The molecule has 0 heterocycles. The fraction of sp³-hybridized carbons (Fsp3) is 0.235. The van der Waals surface area contributed by atoms with E-state index in [0.29, 0.717) is 11.8 Å². The number of carbonyl (C=O) groups is 2. The van der Waals surface area contributed by atoms with E-state index >= 15 is 0 Å². The second-order valence-electron chi connectivity index (χ2n) is 5.35. The molecular formula is C17H12N4O2. The Bertz CT molecular complexity index is 807. The highest BCUT2D eigenvalue weighted by atomic mass is 16.1. The molecule has 0 aromatic heterocycles. The number of hydrogen-bond donors (Lipinski definition) is 1. The molecular weight excluding hydrogens is 292 g/mol. The minimum atomic E-state index is -1.85. The second kappa shape index (κ2) is 5.75. The number of ketones is 1. The highest BCUT2D eigenvalue weighted by Gasteiger charge is 2.61. The molecule has 2 rings (SSSR count). The Kier molecular flexibility index (Phi) is 3.99. The summed E-state index contributed by atoms with van der Waals surface area (Å²) in [6.07, 6.45) is -0.256. The zero-order valence-corrected chi connectivity index (χ0v) is 12.1. The van der Waals surface area contributed by atoms with E-state index in [2.05, 4.69) is 0 Å². The van der Waals surface area contributed by atoms with Crippen LogP contribution >= 0.6 is 0 Å². The van der Waals surface area contributed by atoms with Gasteiger partial charge in [-0.15, -0.1) is 0 Å². The molecule has 0 saturated heterocycles. The van der Waals surface area contributed by atoms with Crippen LogP contribution in [0.5, 0.6) is 0 Å². The number of carbonyl (C=O) groups excluding carboxylic acids is 2. The summed E-state index contributed by atoms with van der Waals surface area (Å²) in [5.41, 5.74) is 2.42. The maximum Gasteiger partial charge on any atom is 0.172 e. The van der Waals surface area contributed by atoms with Crippen molar-refractivity contribution >= 4 is 12.1 Å². The third-order valence-electron chi connectivity index (χ3n) is 4.23. The minimum Gasteiger partial charge on any atom is -0.400 e. The molecule has 1 atom stereocenters. The summed E-state index contributed by atoms with van der Waals surface area (Å²) in [5, 5.41) is 28.6. The molecule has 1 aromatic carbocycles. The number of allylic oxidation sites excluding steroid dienone is 2. The van der Waals surface area contributed by atoms with Crippen LogP contribution in [0.1, 0.15) is 23.2 Å². The minimum absolute atomic E-state index is 0.0236. The fourth-order valence-electron chi connectivity index (χ4n) is 2.84. The predicted octanol–water partition coefficient (Wildman–Crippen LogP) is 1.62. The van der Waals surface area contributed by atoms with Crippen molar-refractivity contribution in [1.29, 1.82) is 15.8 Å². The Morgan fingerprint density at radius 1 is 1.17 bits per heavy atom. The maximum atomic E-state index is 12.5. The van der Waals surface area contributed by atoms with Gasteiger partial charge in [-0.2, -0.15) is 15.8 Å². The third kappa shape index (κ3) is 2.16. The van der Waals surface area contributed by atoms with Gasteiger partial charge >= 0.3 is 0 Å². The lowest BCUT2D eigenvalue weighted by molar-refractivity contribution is -0.105. The molecule has 0 bridgehead atoms. The number of nitrogens with zero attached hydrogens (tertiary/aromatic N) is 3. The molecule has 6 nitrogen and oxygen atoms in total. The van der Waals surface area contributed by atoms with E-state index in [1.165, 1.54) is 0 Å². The highest BCUT2D eigenvalue weighted by Crippen LogP contribution is 2.55. The number of Topliss-reactive ketones (excluding diaryl/α,β-unsaturated/α-hetero) is 1. The van der Waals surface area contributed by atoms with Crippen molar-refractivity contribution < 1.29 is 9.59 Å². The van der Waals surface area contributed by atoms with Gasteiger partial charge in [0.25, 0.3) is 0 Å². The van der Waals surface area contributed by atoms with Crippen LogP contribution in [-0.4, -0.2) is 12.1 Å². The molecule has 112 valence electrons. The first-order chi connectivity index (χ1) is 11.0. The molecule has 6 heteroatoms. The fourth-order valence-corrected chi connectivity index (χ4v) is 2.84. The van der Waals surface area contributed by atoms with Crippen molar-refractivity contribution in [3.05, 3.63) is 47.2 Å². The van der Waals surface area contributed by atoms with Gasteiger partial charge in [-0.1, -0.05) is 30.3 Å². The van der Waals surface area contributed by atoms with E-state index < -0.39 is 23.0 Å². The number of hydrogen-bond acceptors (Lipinski definition) is 6. The lowest BCUT2D eigenvalue weighted by atomic mass is 9.63. The topological polar surface area (TPSA) is 132 Å². The monoisotopic (exact) mass is 304 g/mol. The average molecular weight is 304 g/mol. The van der Waals surface area contributed by atoms with E-state index in [1.54, 1.807) is 42.5 Å². The molecule has 0 spiro atoms. The van der Waals surface area contributed by atoms with Crippen LogP contribution in [0.2, 0.25) is 0 Å². The molecule has 2 N–H and O–H groups in total. The van der Waals surface area contributed by atoms with Crippen LogP contribution in [0.15, 0.2) is 41.6 Å². The number of aldehydes is 1. The van der Waals surface area contributed by atoms with Gasteiger partial charge in [-0.25, -0.2) is 0 Å². The van der Waals surface area contributed by atoms with E-state index in [1.807, 2.05) is 6.07 Å². The van der Waals surface area contributed by atoms with Gasteiger partial charge in [0, 0.05) is 29.7 Å². The summed E-state index contributed by atoms with van der Waals surface area (Å²) in [4.78, 5) is 23.6. The van der Waals surface area contributed by atoms with E-state index in [-0.39, 0.29) is 17.7 Å². The molecule has 1 aromatic rings. The van der Waals surface area contributed by atoms with Crippen molar-refractivity contribution in [2.24, 2.45) is 16.6 Å². The van der Waals surface area contributed by atoms with Crippen LogP contribution < -0.4 is 5.73 Å². The van der Waals surface area contributed by atoms with Crippen molar-refractivity contribution in [3.63, 3.8) is 0 Å². The summed E-state index contributed by atoms with van der Waals surface area (Å²) in [6, 6.07) is 13.7. The van der Waals surface area contributed by atoms with E-state index in [4.69, 9.17) is 5.73 Å². The molecule has 0 unspecified atom stereocenters. The molecule has 0 saturated carbocycles. The molecule has 1 aliphatic carbocycles. The van der Waals surface area contributed by atoms with Gasteiger partial charge in [-0.3, -0.25) is 9.59 Å². The zero-order chi connectivity index (χ0) is 17.1. The van der Waals surface area contributed by atoms with Crippen molar-refractivity contribution in [2.75, 3.05) is 0 Å². The molecule has 23 heavy (non-hydrogen) atoms. The smallest absolute Gasteiger partial charge is 0.172 e. The van der Waals surface area contributed by atoms with Crippen molar-refractivity contribution in [2.45, 2.75) is 12.8 Å². The maximum absolute atomic E-state index is 12.5. The largest absolute Gasteiger partial charge is 0.400 e. The lowest BCUT2D eigenvalue weighted by Crippen LogP contribution is -2.41. The van der Waals surface area contributed by atoms with Crippen LogP contribution in [-0.2, 0) is 4.79 Å². The SMILES string of the molecule is N#CC1(C#N)CC(C=O)=C(N)[C@@]1(C#N)CC(=O)c1ccccc1. The first kappa shape index (κ1) is 15.9. The predicted molar refractivity (Wildman–Crippen MR) is 79.0 cm³/mol. The standard InChI is InChI=1S/C17H12N4O2/c18-9-16(10-19)6-13(8-22)15(21)17(16,11-20)7-14(23)12-4-2-1-3-5-12/h1-5,8H,6-7,21H2/t17-/m0/s1. The highest BCUT2D eigenvalue weighted by molar-refractivity contribution is 5.97. The van der Waals surface area contributed by atoms with Crippen molar-refractivity contribution in [1.82, 2.24) is 0 Å². The molecule has 0 aliphatic heterocycles. The van der Waals surface area contributed by atoms with Gasteiger partial charge < -0.3 is 5.73 Å². The average Bonchev–Trinajstić information content (AvgIpc) is 2.84. The zero-order valence-electron chi connectivity index (χ0n) is 12.1. The van der Waals surface area contributed by atoms with Crippen LogP contribution in [0.25, 0.3) is 0 Å². The Morgan fingerprint density at radius 3 is 2.26 bits per heavy atom. The number of rotatable bonds is 4. The summed E-state index contributed by atoms with van der Waals surface area (Å²) >= 11 is 0. The summed E-state index contributed by atoms with van der Waals surface area (Å²) in [7, 11) is 0. The molecule has 0 amide bonds. The molecule has 1 aliphatic rings. The number of nitrogens with two attached hydrogens (primary N) is 1. The number of nitriles is 3. The summed E-state index contributed by atoms with van der Waals surface area (Å²) < 4.78 is 0. The van der Waals surface area contributed by atoms with E-state index in [0.717, 1.165) is 0 Å². The summed E-state index contributed by atoms with van der Waals surface area (Å²) in [6.45, 7) is 0.